The fourth-order valence-corrected chi connectivity index (χ4v) is 1.79. The van der Waals surface area contributed by atoms with Crippen LogP contribution in [0.1, 0.15) is 13.3 Å². The van der Waals surface area contributed by atoms with Crippen molar-refractivity contribution in [2.24, 2.45) is 5.92 Å². The van der Waals surface area contributed by atoms with Crippen molar-refractivity contribution in [1.82, 2.24) is 5.32 Å². The zero-order valence-electron chi connectivity index (χ0n) is 11.3. The fraction of sp³-hybridized carbons (Fsp3) is 0.917. The average Bonchev–Trinajstić information content (AvgIpc) is 2.80. The Balaban J connectivity index is 2.05. The van der Waals surface area contributed by atoms with Crippen molar-refractivity contribution in [3.05, 3.63) is 0 Å². The molecule has 1 rings (SSSR count). The van der Waals surface area contributed by atoms with Crippen molar-refractivity contribution in [2.75, 3.05) is 40.6 Å². The average molecular weight is 261 g/mol. The van der Waals surface area contributed by atoms with Gasteiger partial charge in [-0.2, -0.15) is 0 Å². The predicted molar refractivity (Wildman–Crippen MR) is 65.2 cm³/mol. The van der Waals surface area contributed by atoms with Crippen LogP contribution in [-0.4, -0.2) is 58.9 Å². The van der Waals surface area contributed by atoms with Crippen LogP contribution in [0, 0.1) is 5.92 Å². The van der Waals surface area contributed by atoms with E-state index in [-0.39, 0.29) is 24.2 Å². The second-order valence-corrected chi connectivity index (χ2v) is 4.32. The van der Waals surface area contributed by atoms with Gasteiger partial charge in [0.2, 0.25) is 5.91 Å². The van der Waals surface area contributed by atoms with Crippen LogP contribution in [-0.2, 0) is 23.7 Å². The van der Waals surface area contributed by atoms with Crippen LogP contribution in [0.3, 0.4) is 0 Å². The Bertz CT molecular complexity index is 245. The largest absolute Gasteiger partial charge is 0.374 e. The van der Waals surface area contributed by atoms with Gasteiger partial charge in [0, 0.05) is 27.4 Å². The van der Waals surface area contributed by atoms with Crippen LogP contribution in [0.15, 0.2) is 0 Å². The van der Waals surface area contributed by atoms with Crippen LogP contribution < -0.4 is 5.32 Å². The third-order valence-electron chi connectivity index (χ3n) is 2.97. The Morgan fingerprint density at radius 1 is 1.44 bits per heavy atom. The van der Waals surface area contributed by atoms with Crippen LogP contribution in [0.25, 0.3) is 0 Å². The molecule has 106 valence electrons. The first kappa shape index (κ1) is 15.4. The summed E-state index contributed by atoms with van der Waals surface area (Å²) >= 11 is 0. The van der Waals surface area contributed by atoms with Crippen molar-refractivity contribution in [2.45, 2.75) is 25.7 Å². The summed E-state index contributed by atoms with van der Waals surface area (Å²) in [5.74, 6) is 0.232. The second-order valence-electron chi connectivity index (χ2n) is 4.32. The second kappa shape index (κ2) is 8.42. The number of rotatable bonds is 8. The van der Waals surface area contributed by atoms with Gasteiger partial charge in [-0.05, 0) is 12.3 Å². The first-order chi connectivity index (χ1) is 8.69. The molecule has 0 aromatic rings. The van der Waals surface area contributed by atoms with Crippen LogP contribution >= 0.6 is 0 Å². The maximum Gasteiger partial charge on any atom is 0.249 e. The third kappa shape index (κ3) is 4.89. The fourth-order valence-electron chi connectivity index (χ4n) is 1.79. The molecular formula is C12H23NO5. The van der Waals surface area contributed by atoms with Gasteiger partial charge in [0.1, 0.15) is 6.10 Å². The maximum absolute atomic E-state index is 11.7. The summed E-state index contributed by atoms with van der Waals surface area (Å²) in [6, 6.07) is 0. The third-order valence-corrected chi connectivity index (χ3v) is 2.97. The van der Waals surface area contributed by atoms with Crippen LogP contribution in [0.5, 0.6) is 0 Å². The monoisotopic (exact) mass is 261 g/mol. The number of ether oxygens (including phenoxy) is 4. The Morgan fingerprint density at radius 3 is 2.72 bits per heavy atom. The molecule has 1 N–H and O–H groups in total. The van der Waals surface area contributed by atoms with Crippen molar-refractivity contribution in [3.8, 4) is 0 Å². The SMILES string of the molecule is COC(COCCNC(=O)C1OCCC1C)OC. The minimum absolute atomic E-state index is 0.0568. The van der Waals surface area contributed by atoms with E-state index >= 15 is 0 Å². The number of hydrogen-bond acceptors (Lipinski definition) is 5. The van der Waals surface area contributed by atoms with E-state index in [1.807, 2.05) is 6.92 Å². The van der Waals surface area contributed by atoms with Crippen molar-refractivity contribution in [1.29, 1.82) is 0 Å². The highest BCUT2D eigenvalue weighted by atomic mass is 16.7. The molecule has 6 nitrogen and oxygen atoms in total. The highest BCUT2D eigenvalue weighted by molar-refractivity contribution is 5.81. The standard InChI is InChI=1S/C12H23NO5/c1-9-4-6-18-11(9)12(14)13-5-7-17-8-10(15-2)16-3/h9-11H,4-8H2,1-3H3,(H,13,14). The number of methoxy groups -OCH3 is 2. The van der Waals surface area contributed by atoms with Crippen LogP contribution in [0.4, 0.5) is 0 Å². The molecule has 1 aliphatic rings. The number of hydrogen-bond donors (Lipinski definition) is 1. The molecule has 1 heterocycles. The number of amides is 1. The van der Waals surface area contributed by atoms with E-state index in [4.69, 9.17) is 18.9 Å². The summed E-state index contributed by atoms with van der Waals surface area (Å²) in [5, 5.41) is 2.79. The Morgan fingerprint density at radius 2 is 2.17 bits per heavy atom. The van der Waals surface area contributed by atoms with Gasteiger partial charge in [-0.1, -0.05) is 6.92 Å². The smallest absolute Gasteiger partial charge is 0.249 e. The van der Waals surface area contributed by atoms with Gasteiger partial charge in [0.05, 0.1) is 13.2 Å². The summed E-state index contributed by atoms with van der Waals surface area (Å²) in [6.07, 6.45) is 0.271. The van der Waals surface area contributed by atoms with E-state index < -0.39 is 0 Å². The van der Waals surface area contributed by atoms with Gasteiger partial charge < -0.3 is 24.3 Å². The highest BCUT2D eigenvalue weighted by Gasteiger charge is 2.30. The van der Waals surface area contributed by atoms with Crippen molar-refractivity contribution >= 4 is 5.91 Å². The molecule has 2 unspecified atom stereocenters. The lowest BCUT2D eigenvalue weighted by Crippen LogP contribution is -2.39. The normalized spacial score (nSPS) is 23.6. The number of carbonyl (C=O) groups is 1. The molecule has 0 radical (unpaired) electrons. The van der Waals surface area contributed by atoms with E-state index in [1.165, 1.54) is 0 Å². The van der Waals surface area contributed by atoms with Crippen molar-refractivity contribution < 1.29 is 23.7 Å². The summed E-state index contributed by atoms with van der Waals surface area (Å²) in [4.78, 5) is 11.7. The molecule has 0 aliphatic carbocycles. The molecule has 0 saturated carbocycles. The highest BCUT2D eigenvalue weighted by Crippen LogP contribution is 2.19. The first-order valence-electron chi connectivity index (χ1n) is 6.21. The zero-order chi connectivity index (χ0) is 13.4. The summed E-state index contributed by atoms with van der Waals surface area (Å²) in [6.45, 7) is 3.93. The van der Waals surface area contributed by atoms with Gasteiger partial charge in [-0.15, -0.1) is 0 Å². The Labute approximate surface area is 108 Å². The van der Waals surface area contributed by atoms with E-state index in [1.54, 1.807) is 14.2 Å². The zero-order valence-corrected chi connectivity index (χ0v) is 11.3. The molecule has 0 aromatic carbocycles. The Hall–Kier alpha value is -0.690. The Kier molecular flexibility index (Phi) is 7.19. The first-order valence-corrected chi connectivity index (χ1v) is 6.21. The van der Waals surface area contributed by atoms with Gasteiger partial charge in [-0.3, -0.25) is 4.79 Å². The number of nitrogens with one attached hydrogen (secondary N) is 1. The topological polar surface area (TPSA) is 66.0 Å². The molecule has 0 bridgehead atoms. The minimum Gasteiger partial charge on any atom is -0.374 e. The molecule has 6 heteroatoms. The molecule has 0 aromatic heterocycles. The predicted octanol–water partition coefficient (Wildman–Crippen LogP) is 0.163. The molecule has 1 fully saturated rings. The lowest BCUT2D eigenvalue weighted by Gasteiger charge is -2.16. The van der Waals surface area contributed by atoms with Gasteiger partial charge in [-0.25, -0.2) is 0 Å². The van der Waals surface area contributed by atoms with E-state index in [9.17, 15) is 4.79 Å². The molecule has 1 aliphatic heterocycles. The molecule has 2 atom stereocenters. The molecule has 1 amide bonds. The van der Waals surface area contributed by atoms with E-state index in [0.29, 0.717) is 26.4 Å². The lowest BCUT2D eigenvalue weighted by atomic mass is 10.0. The minimum atomic E-state index is -0.362. The van der Waals surface area contributed by atoms with Crippen molar-refractivity contribution in [3.63, 3.8) is 0 Å². The van der Waals surface area contributed by atoms with Gasteiger partial charge in [0.25, 0.3) is 0 Å². The summed E-state index contributed by atoms with van der Waals surface area (Å²) in [5.41, 5.74) is 0. The van der Waals surface area contributed by atoms with Gasteiger partial charge in [0.15, 0.2) is 6.29 Å². The molecule has 1 saturated heterocycles. The quantitative estimate of drug-likeness (QED) is 0.498. The maximum atomic E-state index is 11.7. The summed E-state index contributed by atoms with van der Waals surface area (Å²) in [7, 11) is 3.11. The van der Waals surface area contributed by atoms with E-state index in [2.05, 4.69) is 5.32 Å². The molecule has 0 spiro atoms. The van der Waals surface area contributed by atoms with E-state index in [0.717, 1.165) is 6.42 Å². The molecule has 18 heavy (non-hydrogen) atoms. The lowest BCUT2D eigenvalue weighted by molar-refractivity contribution is -0.141. The van der Waals surface area contributed by atoms with Gasteiger partial charge >= 0.3 is 0 Å². The number of carbonyl (C=O) groups excluding carboxylic acids is 1. The summed E-state index contributed by atoms with van der Waals surface area (Å²) < 4.78 is 20.6. The molecular weight excluding hydrogens is 238 g/mol. The van der Waals surface area contributed by atoms with Crippen LogP contribution in [0.2, 0.25) is 0 Å².